The fraction of sp³-hybridized carbons (Fsp3) is 0.0270. The van der Waals surface area contributed by atoms with E-state index in [-0.39, 0.29) is 0 Å². The number of rotatable bonds is 5. The van der Waals surface area contributed by atoms with E-state index >= 15 is 0 Å². The van der Waals surface area contributed by atoms with Crippen molar-refractivity contribution in [2.75, 3.05) is 5.73 Å². The molecule has 3 nitrogen and oxygen atoms in total. The first-order chi connectivity index (χ1) is 20.2. The number of hydrogen-bond donors (Lipinski definition) is 1. The summed E-state index contributed by atoms with van der Waals surface area (Å²) < 4.78 is 11.1. The number of benzene rings is 6. The van der Waals surface area contributed by atoms with Crippen LogP contribution in [-0.2, 0) is 6.61 Å². The molecular weight excluding hydrogens is 520 g/mol. The average Bonchev–Trinajstić information content (AvgIpc) is 3.57. The summed E-state index contributed by atoms with van der Waals surface area (Å²) in [7, 11) is 0. The Balaban J connectivity index is 1.06. The highest BCUT2D eigenvalue weighted by Crippen LogP contribution is 2.42. The molecule has 6 aromatic carbocycles. The van der Waals surface area contributed by atoms with Gasteiger partial charge in [0.15, 0.2) is 5.75 Å². The number of nitrogen functional groups attached to an aromatic ring is 1. The maximum absolute atomic E-state index is 6.39. The summed E-state index contributed by atoms with van der Waals surface area (Å²) in [5.41, 5.74) is 14.1. The van der Waals surface area contributed by atoms with Crippen molar-refractivity contribution in [3.05, 3.63) is 139 Å². The second-order valence-electron chi connectivity index (χ2n) is 10.4. The predicted octanol–water partition coefficient (Wildman–Crippen LogP) is 9.98. The molecule has 8 aromatic rings. The van der Waals surface area contributed by atoms with Gasteiger partial charge in [0.05, 0.1) is 16.7 Å². The molecule has 0 saturated heterocycles. The molecule has 2 heterocycles. The number of nitrogens with zero attached hydrogens (tertiary/aromatic N) is 1. The van der Waals surface area contributed by atoms with Gasteiger partial charge in [0, 0.05) is 36.6 Å². The van der Waals surface area contributed by atoms with Crippen LogP contribution in [0.15, 0.2) is 133 Å². The fourth-order valence-corrected chi connectivity index (χ4v) is 7.01. The standard InChI is InChI=1S/C37H26N2OS/c38-31-21-22-35-36(30-9-3-6-12-34(30)41-35)37(31)40-23-24-13-15-25(16-14-24)26-17-19-27(20-18-26)39-32-10-4-1-7-28(32)29-8-2-5-11-33(29)39/h1-22H,23,38H2. The SMILES string of the molecule is Nc1ccc2sc3ccccc3c2c1OCc1ccc(-c2ccc(-n3c4ccccc4c4ccccc43)cc2)cc1. The summed E-state index contributed by atoms with van der Waals surface area (Å²) in [6.07, 6.45) is 0. The van der Waals surface area contributed by atoms with Gasteiger partial charge < -0.3 is 15.0 Å². The molecular formula is C37H26N2OS. The molecule has 0 amide bonds. The largest absolute Gasteiger partial charge is 0.486 e. The van der Waals surface area contributed by atoms with Crippen molar-refractivity contribution in [1.29, 1.82) is 0 Å². The summed E-state index contributed by atoms with van der Waals surface area (Å²) >= 11 is 1.77. The Hall–Kier alpha value is -5.06. The Bertz CT molecular complexity index is 2150. The van der Waals surface area contributed by atoms with E-state index in [4.69, 9.17) is 10.5 Å². The van der Waals surface area contributed by atoms with Crippen LogP contribution >= 0.6 is 11.3 Å². The fourth-order valence-electron chi connectivity index (χ4n) is 5.91. The van der Waals surface area contributed by atoms with E-state index in [1.54, 1.807) is 11.3 Å². The maximum Gasteiger partial charge on any atom is 0.151 e. The Kier molecular flexibility index (Phi) is 5.54. The molecule has 0 saturated carbocycles. The van der Waals surface area contributed by atoms with Crippen molar-refractivity contribution in [3.63, 3.8) is 0 Å². The molecule has 2 N–H and O–H groups in total. The van der Waals surface area contributed by atoms with Crippen molar-refractivity contribution in [3.8, 4) is 22.6 Å². The molecule has 0 fully saturated rings. The van der Waals surface area contributed by atoms with E-state index < -0.39 is 0 Å². The number of ether oxygens (including phenoxy) is 1. The zero-order valence-corrected chi connectivity index (χ0v) is 23.1. The van der Waals surface area contributed by atoms with Gasteiger partial charge in [0.25, 0.3) is 0 Å². The summed E-state index contributed by atoms with van der Waals surface area (Å²) in [5, 5.41) is 4.84. The van der Waals surface area contributed by atoms with E-state index in [0.29, 0.717) is 12.3 Å². The van der Waals surface area contributed by atoms with Gasteiger partial charge in [-0.2, -0.15) is 0 Å². The second kappa shape index (κ2) is 9.54. The molecule has 2 aromatic heterocycles. The summed E-state index contributed by atoms with van der Waals surface area (Å²) in [5.74, 6) is 0.768. The van der Waals surface area contributed by atoms with Gasteiger partial charge in [0.1, 0.15) is 6.61 Å². The van der Waals surface area contributed by atoms with Crippen molar-refractivity contribution in [1.82, 2.24) is 4.57 Å². The normalized spacial score (nSPS) is 11.6. The maximum atomic E-state index is 6.39. The zero-order chi connectivity index (χ0) is 27.3. The lowest BCUT2D eigenvalue weighted by molar-refractivity contribution is 0.312. The minimum Gasteiger partial charge on any atom is -0.486 e. The van der Waals surface area contributed by atoms with Crippen LogP contribution in [0.1, 0.15) is 5.56 Å². The van der Waals surface area contributed by atoms with E-state index in [9.17, 15) is 0 Å². The molecule has 196 valence electrons. The number of aromatic nitrogens is 1. The van der Waals surface area contributed by atoms with E-state index in [1.165, 1.54) is 47.7 Å². The van der Waals surface area contributed by atoms with Crippen molar-refractivity contribution >= 4 is 59.0 Å². The van der Waals surface area contributed by atoms with Gasteiger partial charge in [-0.25, -0.2) is 0 Å². The first-order valence-corrected chi connectivity index (χ1v) is 14.6. The third kappa shape index (κ3) is 3.95. The molecule has 0 atom stereocenters. The Morgan fingerprint density at radius 3 is 1.83 bits per heavy atom. The lowest BCUT2D eigenvalue weighted by Crippen LogP contribution is -1.99. The number of hydrogen-bond acceptors (Lipinski definition) is 3. The molecule has 0 aliphatic heterocycles. The number of fused-ring (bicyclic) bond motifs is 6. The lowest BCUT2D eigenvalue weighted by Gasteiger charge is -2.12. The first kappa shape index (κ1) is 23.8. The van der Waals surface area contributed by atoms with E-state index in [2.05, 4.69) is 132 Å². The molecule has 4 heteroatoms. The van der Waals surface area contributed by atoms with E-state index in [0.717, 1.165) is 22.4 Å². The molecule has 41 heavy (non-hydrogen) atoms. The number of nitrogens with two attached hydrogens (primary N) is 1. The number of anilines is 1. The molecule has 0 aliphatic carbocycles. The minimum atomic E-state index is 0.459. The Morgan fingerprint density at radius 1 is 0.561 bits per heavy atom. The topological polar surface area (TPSA) is 40.2 Å². The third-order valence-corrected chi connectivity index (χ3v) is 9.04. The van der Waals surface area contributed by atoms with Gasteiger partial charge in [0.2, 0.25) is 0 Å². The Morgan fingerprint density at radius 2 is 1.15 bits per heavy atom. The van der Waals surface area contributed by atoms with Crippen molar-refractivity contribution < 1.29 is 4.74 Å². The minimum absolute atomic E-state index is 0.459. The van der Waals surface area contributed by atoms with Crippen LogP contribution in [0.25, 0.3) is 58.8 Å². The van der Waals surface area contributed by atoms with E-state index in [1.807, 2.05) is 6.07 Å². The molecule has 0 radical (unpaired) electrons. The third-order valence-electron chi connectivity index (χ3n) is 7.90. The van der Waals surface area contributed by atoms with Crippen LogP contribution in [0.3, 0.4) is 0 Å². The van der Waals surface area contributed by atoms with Crippen LogP contribution in [0.2, 0.25) is 0 Å². The van der Waals surface area contributed by atoms with Crippen molar-refractivity contribution in [2.24, 2.45) is 0 Å². The molecule has 0 aliphatic rings. The van der Waals surface area contributed by atoms with Crippen LogP contribution in [-0.4, -0.2) is 4.57 Å². The summed E-state index contributed by atoms with van der Waals surface area (Å²) in [6, 6.07) is 47.1. The van der Waals surface area contributed by atoms with Crippen LogP contribution in [0, 0.1) is 0 Å². The molecule has 8 rings (SSSR count). The van der Waals surface area contributed by atoms with Gasteiger partial charge in [-0.05, 0) is 59.2 Å². The highest BCUT2D eigenvalue weighted by molar-refractivity contribution is 7.25. The average molecular weight is 547 g/mol. The summed E-state index contributed by atoms with van der Waals surface area (Å²) in [4.78, 5) is 0. The van der Waals surface area contributed by atoms with Crippen molar-refractivity contribution in [2.45, 2.75) is 6.61 Å². The molecule has 0 bridgehead atoms. The first-order valence-electron chi connectivity index (χ1n) is 13.7. The van der Waals surface area contributed by atoms with Crippen LogP contribution < -0.4 is 10.5 Å². The quantitative estimate of drug-likeness (QED) is 0.218. The summed E-state index contributed by atoms with van der Waals surface area (Å²) in [6.45, 7) is 0.459. The molecule has 0 unspecified atom stereocenters. The molecule has 0 spiro atoms. The highest BCUT2D eigenvalue weighted by Gasteiger charge is 2.14. The second-order valence-corrected chi connectivity index (χ2v) is 11.4. The Labute approximate surface area is 241 Å². The lowest BCUT2D eigenvalue weighted by atomic mass is 10.0. The number of para-hydroxylation sites is 2. The number of thiophene rings is 1. The van der Waals surface area contributed by atoms with Crippen LogP contribution in [0.5, 0.6) is 5.75 Å². The highest BCUT2D eigenvalue weighted by atomic mass is 32.1. The van der Waals surface area contributed by atoms with Gasteiger partial charge in [-0.15, -0.1) is 11.3 Å². The smallest absolute Gasteiger partial charge is 0.151 e. The van der Waals surface area contributed by atoms with Crippen LogP contribution in [0.4, 0.5) is 5.69 Å². The van der Waals surface area contributed by atoms with Gasteiger partial charge in [-0.1, -0.05) is 91.0 Å². The van der Waals surface area contributed by atoms with Gasteiger partial charge in [-0.3, -0.25) is 0 Å². The monoisotopic (exact) mass is 546 g/mol. The van der Waals surface area contributed by atoms with Gasteiger partial charge >= 0.3 is 0 Å². The zero-order valence-electron chi connectivity index (χ0n) is 22.2. The predicted molar refractivity (Wildman–Crippen MR) is 174 cm³/mol.